The fourth-order valence-electron chi connectivity index (χ4n) is 4.37. The predicted molar refractivity (Wildman–Crippen MR) is 154 cm³/mol. The van der Waals surface area contributed by atoms with E-state index in [2.05, 4.69) is 5.32 Å². The second-order valence-corrected chi connectivity index (χ2v) is 11.5. The van der Waals surface area contributed by atoms with Crippen molar-refractivity contribution in [2.75, 3.05) is 23.1 Å². The molecule has 4 aromatic rings. The minimum atomic E-state index is -3.58. The summed E-state index contributed by atoms with van der Waals surface area (Å²) in [5, 5.41) is 2.68. The summed E-state index contributed by atoms with van der Waals surface area (Å²) in [6.07, 6.45) is -0.192. The summed E-state index contributed by atoms with van der Waals surface area (Å²) in [7, 11) is -2.11. The first-order valence-corrected chi connectivity index (χ1v) is 14.3. The van der Waals surface area contributed by atoms with Gasteiger partial charge in [-0.3, -0.25) is 14.4 Å². The lowest BCUT2D eigenvalue weighted by Gasteiger charge is -2.16. The summed E-state index contributed by atoms with van der Waals surface area (Å²) in [6.45, 7) is 1.87. The fourth-order valence-corrected chi connectivity index (χ4v) is 5.61. The van der Waals surface area contributed by atoms with Gasteiger partial charge in [0.1, 0.15) is 17.2 Å². The van der Waals surface area contributed by atoms with Crippen LogP contribution >= 0.6 is 0 Å². The van der Waals surface area contributed by atoms with Gasteiger partial charge in [0, 0.05) is 12.1 Å². The normalized spacial score (nSPS) is 12.7. The van der Waals surface area contributed by atoms with Crippen LogP contribution in [0.5, 0.6) is 17.2 Å². The first-order valence-electron chi connectivity index (χ1n) is 12.7. The number of nitrogens with zero attached hydrogens (tertiary/aromatic N) is 1. The quantitative estimate of drug-likeness (QED) is 0.268. The van der Waals surface area contributed by atoms with E-state index in [0.29, 0.717) is 28.6 Å². The van der Waals surface area contributed by atoms with Crippen LogP contribution in [0.4, 0.5) is 11.4 Å². The van der Waals surface area contributed by atoms with E-state index in [-0.39, 0.29) is 28.2 Å². The number of anilines is 2. The van der Waals surface area contributed by atoms with Gasteiger partial charge in [-0.1, -0.05) is 29.8 Å². The predicted octanol–water partition coefficient (Wildman–Crippen LogP) is 5.40. The number of amides is 3. The Balaban J connectivity index is 1.21. The molecule has 0 fully saturated rings. The molecule has 208 valence electrons. The molecule has 3 amide bonds. The van der Waals surface area contributed by atoms with Crippen molar-refractivity contribution in [2.24, 2.45) is 0 Å². The maximum atomic E-state index is 13.2. The lowest BCUT2D eigenvalue weighted by molar-refractivity contribution is -0.115. The summed E-state index contributed by atoms with van der Waals surface area (Å²) in [4.78, 5) is 39.8. The van der Waals surface area contributed by atoms with E-state index in [1.54, 1.807) is 72.8 Å². The molecular formula is C31H26N2O7S. The number of sulfone groups is 1. The van der Waals surface area contributed by atoms with Gasteiger partial charge in [-0.2, -0.15) is 0 Å². The van der Waals surface area contributed by atoms with Gasteiger partial charge >= 0.3 is 0 Å². The number of nitrogens with one attached hydrogen (secondary N) is 1. The maximum absolute atomic E-state index is 13.2. The van der Waals surface area contributed by atoms with E-state index in [9.17, 15) is 22.8 Å². The smallest absolute Gasteiger partial charge is 0.266 e. The largest absolute Gasteiger partial charge is 0.495 e. The molecule has 0 radical (unpaired) electrons. The molecule has 0 saturated carbocycles. The average Bonchev–Trinajstić information content (AvgIpc) is 3.22. The lowest BCUT2D eigenvalue weighted by atomic mass is 10.1. The maximum Gasteiger partial charge on any atom is 0.266 e. The highest BCUT2D eigenvalue weighted by Gasteiger charge is 2.38. The van der Waals surface area contributed by atoms with Gasteiger partial charge < -0.3 is 14.8 Å². The zero-order valence-corrected chi connectivity index (χ0v) is 23.1. The molecule has 10 heteroatoms. The lowest BCUT2D eigenvalue weighted by Crippen LogP contribution is -2.29. The molecule has 0 unspecified atom stereocenters. The second kappa shape index (κ2) is 11.3. The van der Waals surface area contributed by atoms with Crippen molar-refractivity contribution in [3.63, 3.8) is 0 Å². The molecule has 41 heavy (non-hydrogen) atoms. The Morgan fingerprint density at radius 1 is 0.829 bits per heavy atom. The highest BCUT2D eigenvalue weighted by molar-refractivity contribution is 7.91. The van der Waals surface area contributed by atoms with Gasteiger partial charge in [0.2, 0.25) is 5.91 Å². The van der Waals surface area contributed by atoms with Crippen molar-refractivity contribution in [1.82, 2.24) is 0 Å². The summed E-state index contributed by atoms with van der Waals surface area (Å²) in [5.41, 5.74) is 2.24. The number of methoxy groups -OCH3 is 1. The number of ether oxygens (including phenoxy) is 2. The molecule has 1 heterocycles. The van der Waals surface area contributed by atoms with Crippen LogP contribution in [0.1, 0.15) is 32.7 Å². The number of imide groups is 1. The van der Waals surface area contributed by atoms with Gasteiger partial charge in [-0.05, 0) is 73.7 Å². The Labute approximate surface area is 237 Å². The van der Waals surface area contributed by atoms with Crippen LogP contribution in [0.2, 0.25) is 0 Å². The van der Waals surface area contributed by atoms with Gasteiger partial charge in [0.15, 0.2) is 9.84 Å². The van der Waals surface area contributed by atoms with Gasteiger partial charge in [-0.25, -0.2) is 13.3 Å². The minimum Gasteiger partial charge on any atom is -0.495 e. The van der Waals surface area contributed by atoms with Crippen molar-refractivity contribution in [1.29, 1.82) is 0 Å². The van der Waals surface area contributed by atoms with Crippen molar-refractivity contribution < 1.29 is 32.3 Å². The second-order valence-electron chi connectivity index (χ2n) is 9.38. The number of hydrogen-bond acceptors (Lipinski definition) is 7. The molecule has 4 aromatic carbocycles. The van der Waals surface area contributed by atoms with Crippen LogP contribution in [-0.4, -0.2) is 39.0 Å². The number of benzene rings is 4. The van der Waals surface area contributed by atoms with Crippen LogP contribution in [-0.2, 0) is 14.6 Å². The third-order valence-corrected chi connectivity index (χ3v) is 8.27. The fraction of sp³-hybridized carbons (Fsp3) is 0.129. The number of para-hydroxylation sites is 2. The summed E-state index contributed by atoms with van der Waals surface area (Å²) in [6, 6.07) is 24.4. The molecule has 1 aliphatic rings. The number of fused-ring (bicyclic) bond motifs is 1. The molecule has 0 saturated heterocycles. The van der Waals surface area contributed by atoms with Crippen LogP contribution in [0, 0.1) is 6.92 Å². The SMILES string of the molecule is COc1ccccc1N1C(=O)c2ccc(Oc3ccc(NC(=O)CCS(=O)(=O)c4ccc(C)cc4)cc3)cc2C1=O. The van der Waals surface area contributed by atoms with Crippen LogP contribution in [0.25, 0.3) is 0 Å². The molecule has 9 nitrogen and oxygen atoms in total. The first-order chi connectivity index (χ1) is 19.7. The molecule has 0 aromatic heterocycles. The van der Waals surface area contributed by atoms with E-state index in [1.807, 2.05) is 6.92 Å². The van der Waals surface area contributed by atoms with Gasteiger partial charge in [0.05, 0.1) is 34.6 Å². The van der Waals surface area contributed by atoms with E-state index >= 15 is 0 Å². The van der Waals surface area contributed by atoms with Crippen LogP contribution in [0.15, 0.2) is 95.9 Å². The van der Waals surface area contributed by atoms with Crippen molar-refractivity contribution in [2.45, 2.75) is 18.2 Å². The molecule has 1 aliphatic heterocycles. The Hall–Kier alpha value is -4.96. The van der Waals surface area contributed by atoms with E-state index < -0.39 is 27.6 Å². The molecule has 0 aliphatic carbocycles. The zero-order valence-electron chi connectivity index (χ0n) is 22.3. The molecular weight excluding hydrogens is 544 g/mol. The Kier molecular flexibility index (Phi) is 7.58. The number of aryl methyl sites for hydroxylation is 1. The number of hydrogen-bond donors (Lipinski definition) is 1. The van der Waals surface area contributed by atoms with Crippen LogP contribution in [0.3, 0.4) is 0 Å². The van der Waals surface area contributed by atoms with E-state index in [1.165, 1.54) is 25.3 Å². The van der Waals surface area contributed by atoms with Crippen molar-refractivity contribution in [3.8, 4) is 17.2 Å². The number of carbonyl (C=O) groups is 3. The third-order valence-electron chi connectivity index (χ3n) is 6.54. The molecule has 0 atom stereocenters. The van der Waals surface area contributed by atoms with Crippen molar-refractivity contribution >= 4 is 38.9 Å². The summed E-state index contributed by atoms with van der Waals surface area (Å²) in [5.74, 6) is -0.491. The van der Waals surface area contributed by atoms with Crippen molar-refractivity contribution in [3.05, 3.63) is 108 Å². The summed E-state index contributed by atoms with van der Waals surface area (Å²) < 4.78 is 36.2. The first kappa shape index (κ1) is 27.6. The average molecular weight is 571 g/mol. The Morgan fingerprint density at radius 3 is 2.20 bits per heavy atom. The third kappa shape index (κ3) is 5.82. The molecule has 1 N–H and O–H groups in total. The standard InChI is InChI=1S/C31H26N2O7S/c1-20-7-14-24(15-8-20)41(37,38)18-17-29(34)32-21-9-11-22(12-10-21)40-23-13-16-25-26(19-23)31(36)33(30(25)35)27-5-3-4-6-28(27)39-2/h3-16,19H,17-18H2,1-2H3,(H,32,34). The minimum absolute atomic E-state index is 0.183. The number of carbonyl (C=O) groups excluding carboxylic acids is 3. The Morgan fingerprint density at radius 2 is 1.49 bits per heavy atom. The highest BCUT2D eigenvalue weighted by Crippen LogP contribution is 2.36. The van der Waals surface area contributed by atoms with Gasteiger partial charge in [-0.15, -0.1) is 0 Å². The van der Waals surface area contributed by atoms with E-state index in [0.717, 1.165) is 10.5 Å². The highest BCUT2D eigenvalue weighted by atomic mass is 32.2. The van der Waals surface area contributed by atoms with E-state index in [4.69, 9.17) is 9.47 Å². The zero-order chi connectivity index (χ0) is 29.1. The van der Waals surface area contributed by atoms with Crippen LogP contribution < -0.4 is 19.7 Å². The molecule has 5 rings (SSSR count). The topological polar surface area (TPSA) is 119 Å². The van der Waals surface area contributed by atoms with Gasteiger partial charge in [0.25, 0.3) is 11.8 Å². The number of rotatable bonds is 9. The Bertz CT molecular complexity index is 1750. The summed E-state index contributed by atoms with van der Waals surface area (Å²) >= 11 is 0. The molecule has 0 spiro atoms. The monoisotopic (exact) mass is 570 g/mol. The molecule has 0 bridgehead atoms.